The Morgan fingerprint density at radius 3 is 2.88 bits per heavy atom. The number of aliphatic carboxylic acids is 1. The van der Waals surface area contributed by atoms with E-state index in [-0.39, 0.29) is 12.0 Å². The first-order valence-electron chi connectivity index (χ1n) is 5.41. The van der Waals surface area contributed by atoms with Crippen LogP contribution in [0.5, 0.6) is 0 Å². The first kappa shape index (κ1) is 11.6. The Kier molecular flexibility index (Phi) is 3.61. The van der Waals surface area contributed by atoms with Gasteiger partial charge in [-0.05, 0) is 31.0 Å². The first-order valence-corrected chi connectivity index (χ1v) is 6.20. The molecule has 1 heterocycles. The summed E-state index contributed by atoms with van der Waals surface area (Å²) in [4.78, 5) is 11.2. The normalized spacial score (nSPS) is 25.3. The van der Waals surface area contributed by atoms with Gasteiger partial charge in [0, 0.05) is 10.5 Å². The van der Waals surface area contributed by atoms with Gasteiger partial charge >= 0.3 is 5.97 Å². The lowest BCUT2D eigenvalue weighted by molar-refractivity contribution is -0.143. The number of carbonyl (C=O) groups is 1. The summed E-state index contributed by atoms with van der Waals surface area (Å²) < 4.78 is 0.973. The van der Waals surface area contributed by atoms with Crippen molar-refractivity contribution in [2.24, 2.45) is 5.92 Å². The number of nitrogens with one attached hydrogen (secondary N) is 1. The van der Waals surface area contributed by atoms with Crippen LogP contribution in [0.4, 0.5) is 0 Å². The highest BCUT2D eigenvalue weighted by atomic mass is 79.9. The Hall–Kier alpha value is -0.870. The maximum atomic E-state index is 11.2. The monoisotopic (exact) mass is 283 g/mol. The molecule has 1 aromatic carbocycles. The molecule has 1 aliphatic heterocycles. The van der Waals surface area contributed by atoms with Gasteiger partial charge in [-0.3, -0.25) is 4.79 Å². The third-order valence-electron chi connectivity index (χ3n) is 3.02. The van der Waals surface area contributed by atoms with E-state index in [1.807, 2.05) is 24.3 Å². The summed E-state index contributed by atoms with van der Waals surface area (Å²) in [5, 5.41) is 12.5. The van der Waals surface area contributed by atoms with Crippen molar-refractivity contribution >= 4 is 21.9 Å². The fourth-order valence-corrected chi connectivity index (χ4v) is 2.74. The van der Waals surface area contributed by atoms with Crippen LogP contribution < -0.4 is 5.32 Å². The summed E-state index contributed by atoms with van der Waals surface area (Å²) in [6.45, 7) is 0.885. The highest BCUT2D eigenvalue weighted by Gasteiger charge is 2.32. The molecule has 0 amide bonds. The van der Waals surface area contributed by atoms with E-state index >= 15 is 0 Å². The van der Waals surface area contributed by atoms with Gasteiger partial charge in [0.25, 0.3) is 0 Å². The summed E-state index contributed by atoms with van der Waals surface area (Å²) >= 11 is 3.48. The van der Waals surface area contributed by atoms with E-state index < -0.39 is 5.97 Å². The molecule has 3 nitrogen and oxygen atoms in total. The molecule has 0 bridgehead atoms. The molecule has 1 fully saturated rings. The second kappa shape index (κ2) is 4.97. The molecule has 86 valence electrons. The molecular formula is C12H14BrNO2. The summed E-state index contributed by atoms with van der Waals surface area (Å²) in [6.07, 6.45) is 1.67. The quantitative estimate of drug-likeness (QED) is 0.877. The van der Waals surface area contributed by atoms with Crippen LogP contribution in [-0.2, 0) is 4.79 Å². The minimum Gasteiger partial charge on any atom is -0.481 e. The number of hydrogen-bond acceptors (Lipinski definition) is 2. The molecule has 1 aromatic rings. The number of hydrogen-bond donors (Lipinski definition) is 2. The molecule has 0 aliphatic carbocycles. The predicted octanol–water partition coefficient (Wildman–Crippen LogP) is 2.57. The molecule has 4 heteroatoms. The molecule has 0 spiro atoms. The largest absolute Gasteiger partial charge is 0.481 e. The summed E-state index contributed by atoms with van der Waals surface area (Å²) in [6, 6.07) is 7.72. The zero-order chi connectivity index (χ0) is 11.5. The van der Waals surface area contributed by atoms with Crippen molar-refractivity contribution in [3.05, 3.63) is 34.3 Å². The highest BCUT2D eigenvalue weighted by molar-refractivity contribution is 9.10. The van der Waals surface area contributed by atoms with Gasteiger partial charge in [-0.2, -0.15) is 0 Å². The molecule has 0 radical (unpaired) electrons. The third-order valence-corrected chi connectivity index (χ3v) is 3.74. The minimum atomic E-state index is -0.715. The Balaban J connectivity index is 2.30. The average molecular weight is 284 g/mol. The van der Waals surface area contributed by atoms with Crippen molar-refractivity contribution in [2.45, 2.75) is 18.9 Å². The van der Waals surface area contributed by atoms with Gasteiger partial charge in [-0.15, -0.1) is 0 Å². The topological polar surface area (TPSA) is 49.3 Å². The van der Waals surface area contributed by atoms with Crippen LogP contribution in [0.15, 0.2) is 28.7 Å². The molecule has 1 aliphatic rings. The SMILES string of the molecule is O=C(O)C1CCCNC1c1ccccc1Br. The zero-order valence-corrected chi connectivity index (χ0v) is 10.4. The highest BCUT2D eigenvalue weighted by Crippen LogP contribution is 2.33. The van der Waals surface area contributed by atoms with E-state index in [1.54, 1.807) is 0 Å². The second-order valence-corrected chi connectivity index (χ2v) is 4.89. The van der Waals surface area contributed by atoms with E-state index in [0.29, 0.717) is 0 Å². The van der Waals surface area contributed by atoms with Crippen molar-refractivity contribution in [3.63, 3.8) is 0 Å². The van der Waals surface area contributed by atoms with Gasteiger partial charge in [-0.1, -0.05) is 34.1 Å². The van der Waals surface area contributed by atoms with Crippen LogP contribution in [0.1, 0.15) is 24.4 Å². The van der Waals surface area contributed by atoms with Gasteiger partial charge in [0.2, 0.25) is 0 Å². The van der Waals surface area contributed by atoms with Gasteiger partial charge in [0.15, 0.2) is 0 Å². The van der Waals surface area contributed by atoms with Crippen molar-refractivity contribution in [1.82, 2.24) is 5.32 Å². The fourth-order valence-electron chi connectivity index (χ4n) is 2.21. The Morgan fingerprint density at radius 1 is 1.44 bits per heavy atom. The number of rotatable bonds is 2. The first-order chi connectivity index (χ1) is 7.70. The number of halogens is 1. The lowest BCUT2D eigenvalue weighted by atomic mass is 9.86. The van der Waals surface area contributed by atoms with E-state index in [9.17, 15) is 9.90 Å². The lowest BCUT2D eigenvalue weighted by Gasteiger charge is -2.30. The molecule has 16 heavy (non-hydrogen) atoms. The summed E-state index contributed by atoms with van der Waals surface area (Å²) in [5.74, 6) is -1.04. The van der Waals surface area contributed by atoms with E-state index in [1.165, 1.54) is 0 Å². The lowest BCUT2D eigenvalue weighted by Crippen LogP contribution is -2.38. The van der Waals surface area contributed by atoms with E-state index in [2.05, 4.69) is 21.2 Å². The third kappa shape index (κ3) is 2.28. The summed E-state index contributed by atoms with van der Waals surface area (Å²) in [7, 11) is 0. The zero-order valence-electron chi connectivity index (χ0n) is 8.82. The van der Waals surface area contributed by atoms with E-state index in [4.69, 9.17) is 0 Å². The van der Waals surface area contributed by atoms with Crippen molar-refractivity contribution < 1.29 is 9.90 Å². The van der Waals surface area contributed by atoms with Crippen LogP contribution >= 0.6 is 15.9 Å². The Labute approximate surface area is 103 Å². The van der Waals surface area contributed by atoms with Crippen LogP contribution in [0.25, 0.3) is 0 Å². The summed E-state index contributed by atoms with van der Waals surface area (Å²) in [5.41, 5.74) is 1.04. The van der Waals surface area contributed by atoms with Crippen LogP contribution in [0.3, 0.4) is 0 Å². The fraction of sp³-hybridized carbons (Fsp3) is 0.417. The smallest absolute Gasteiger partial charge is 0.308 e. The van der Waals surface area contributed by atoms with Crippen molar-refractivity contribution in [1.29, 1.82) is 0 Å². The molecule has 2 atom stereocenters. The molecule has 1 saturated heterocycles. The van der Waals surface area contributed by atoms with Crippen LogP contribution in [-0.4, -0.2) is 17.6 Å². The molecule has 2 rings (SSSR count). The molecule has 0 saturated carbocycles. The number of carboxylic acid groups (broad SMARTS) is 1. The molecule has 0 aromatic heterocycles. The minimum absolute atomic E-state index is 0.0816. The van der Waals surface area contributed by atoms with Gasteiger partial charge in [0.05, 0.1) is 5.92 Å². The van der Waals surface area contributed by atoms with Crippen molar-refractivity contribution in [3.8, 4) is 0 Å². The second-order valence-electron chi connectivity index (χ2n) is 4.04. The van der Waals surface area contributed by atoms with Crippen molar-refractivity contribution in [2.75, 3.05) is 6.54 Å². The van der Waals surface area contributed by atoms with E-state index in [0.717, 1.165) is 29.4 Å². The number of piperidine rings is 1. The standard InChI is InChI=1S/C12H14BrNO2/c13-10-6-2-1-4-8(10)11-9(12(15)16)5-3-7-14-11/h1-2,4,6,9,11,14H,3,5,7H2,(H,15,16). The van der Waals surface area contributed by atoms with Gasteiger partial charge < -0.3 is 10.4 Å². The van der Waals surface area contributed by atoms with Crippen LogP contribution in [0.2, 0.25) is 0 Å². The maximum Gasteiger partial charge on any atom is 0.308 e. The predicted molar refractivity (Wildman–Crippen MR) is 65.2 cm³/mol. The molecule has 2 N–H and O–H groups in total. The van der Waals surface area contributed by atoms with Gasteiger partial charge in [0.1, 0.15) is 0 Å². The number of carboxylic acids is 1. The Morgan fingerprint density at radius 2 is 2.19 bits per heavy atom. The van der Waals surface area contributed by atoms with Gasteiger partial charge in [-0.25, -0.2) is 0 Å². The van der Waals surface area contributed by atoms with Crippen LogP contribution in [0, 0.1) is 5.92 Å². The Bertz CT molecular complexity index is 394. The number of benzene rings is 1. The maximum absolute atomic E-state index is 11.2. The average Bonchev–Trinajstić information content (AvgIpc) is 2.29. The molecule has 2 unspecified atom stereocenters. The molecular weight excluding hydrogens is 270 g/mol.